The molecule has 2 aromatic carbocycles. The second kappa shape index (κ2) is 4.52. The molecule has 1 unspecified atom stereocenters. The van der Waals surface area contributed by atoms with Gasteiger partial charge in [-0.15, -0.1) is 0 Å². The number of hydrogen-bond donors (Lipinski definition) is 2. The molecule has 0 bridgehead atoms. The number of fused-ring (bicyclic) bond motifs is 1. The molecule has 1 aromatic heterocycles. The topological polar surface area (TPSA) is 36.0 Å². The first kappa shape index (κ1) is 11.9. The summed E-state index contributed by atoms with van der Waals surface area (Å²) in [5.74, 6) is -0.389. The van der Waals surface area contributed by atoms with Gasteiger partial charge in [0.15, 0.2) is 0 Å². The van der Waals surface area contributed by atoms with Crippen LogP contribution in [0, 0.1) is 12.7 Å². The van der Waals surface area contributed by atoms with Crippen LogP contribution in [0.3, 0.4) is 0 Å². The number of para-hydroxylation sites is 1. The zero-order valence-corrected chi connectivity index (χ0v) is 10.5. The van der Waals surface area contributed by atoms with Crippen LogP contribution in [0.25, 0.3) is 10.9 Å². The van der Waals surface area contributed by atoms with Crippen LogP contribution in [0.4, 0.5) is 4.39 Å². The van der Waals surface area contributed by atoms with Gasteiger partial charge in [-0.05, 0) is 19.1 Å². The van der Waals surface area contributed by atoms with E-state index in [1.54, 1.807) is 18.2 Å². The third kappa shape index (κ3) is 1.92. The Labute approximate surface area is 110 Å². The summed E-state index contributed by atoms with van der Waals surface area (Å²) < 4.78 is 13.8. The Morgan fingerprint density at radius 1 is 1.05 bits per heavy atom. The lowest BCUT2D eigenvalue weighted by atomic mass is 9.98. The van der Waals surface area contributed by atoms with Crippen molar-refractivity contribution < 1.29 is 9.50 Å². The minimum atomic E-state index is -0.961. The van der Waals surface area contributed by atoms with Gasteiger partial charge in [0.05, 0.1) is 0 Å². The summed E-state index contributed by atoms with van der Waals surface area (Å²) in [5.41, 5.74) is 2.85. The van der Waals surface area contributed by atoms with E-state index in [1.807, 2.05) is 31.2 Å². The highest BCUT2D eigenvalue weighted by Gasteiger charge is 2.20. The number of aryl methyl sites for hydroxylation is 1. The van der Waals surface area contributed by atoms with Gasteiger partial charge in [-0.2, -0.15) is 0 Å². The second-order valence-corrected chi connectivity index (χ2v) is 4.63. The lowest BCUT2D eigenvalue weighted by Crippen LogP contribution is -2.03. The average molecular weight is 255 g/mol. The van der Waals surface area contributed by atoms with Crippen molar-refractivity contribution in [2.45, 2.75) is 13.0 Å². The fourth-order valence-electron chi connectivity index (χ4n) is 2.50. The first-order valence-electron chi connectivity index (χ1n) is 6.18. The molecule has 0 aliphatic heterocycles. The molecule has 2 nitrogen and oxygen atoms in total. The molecule has 0 saturated carbocycles. The van der Waals surface area contributed by atoms with E-state index in [0.717, 1.165) is 22.2 Å². The fraction of sp³-hybridized carbons (Fsp3) is 0.125. The predicted molar refractivity (Wildman–Crippen MR) is 73.5 cm³/mol. The Morgan fingerprint density at radius 3 is 2.53 bits per heavy atom. The zero-order valence-electron chi connectivity index (χ0n) is 10.5. The molecule has 19 heavy (non-hydrogen) atoms. The summed E-state index contributed by atoms with van der Waals surface area (Å²) >= 11 is 0. The number of halogens is 1. The summed E-state index contributed by atoms with van der Waals surface area (Å²) in [6.07, 6.45) is -0.961. The molecule has 3 aromatic rings. The fourth-order valence-corrected chi connectivity index (χ4v) is 2.50. The third-order valence-electron chi connectivity index (χ3n) is 3.42. The van der Waals surface area contributed by atoms with E-state index < -0.39 is 6.10 Å². The van der Waals surface area contributed by atoms with Crippen molar-refractivity contribution in [2.75, 3.05) is 0 Å². The molecule has 0 radical (unpaired) electrons. The molecule has 0 amide bonds. The molecule has 3 rings (SSSR count). The lowest BCUT2D eigenvalue weighted by Gasteiger charge is -2.12. The first-order chi connectivity index (χ1) is 9.18. The minimum absolute atomic E-state index is 0.301. The van der Waals surface area contributed by atoms with Gasteiger partial charge in [-0.25, -0.2) is 4.39 Å². The summed E-state index contributed by atoms with van der Waals surface area (Å²) in [6, 6.07) is 14.0. The van der Waals surface area contributed by atoms with Crippen LogP contribution in [-0.2, 0) is 0 Å². The summed E-state index contributed by atoms with van der Waals surface area (Å²) in [4.78, 5) is 3.21. The smallest absolute Gasteiger partial charge is 0.129 e. The van der Waals surface area contributed by atoms with Crippen molar-refractivity contribution in [1.29, 1.82) is 0 Å². The van der Waals surface area contributed by atoms with Gasteiger partial charge < -0.3 is 10.1 Å². The molecule has 0 aliphatic rings. The molecule has 0 fully saturated rings. The van der Waals surface area contributed by atoms with Crippen LogP contribution in [0.2, 0.25) is 0 Å². The van der Waals surface area contributed by atoms with Crippen LogP contribution in [0.1, 0.15) is 22.9 Å². The second-order valence-electron chi connectivity index (χ2n) is 4.63. The SMILES string of the molecule is Cc1[nH]c2ccccc2c1C(O)c1ccccc1F. The maximum Gasteiger partial charge on any atom is 0.129 e. The van der Waals surface area contributed by atoms with Crippen molar-refractivity contribution in [2.24, 2.45) is 0 Å². The Kier molecular flexibility index (Phi) is 2.84. The number of benzene rings is 2. The molecule has 0 aliphatic carbocycles. The number of aromatic nitrogens is 1. The Hall–Kier alpha value is -2.13. The number of aromatic amines is 1. The summed E-state index contributed by atoms with van der Waals surface area (Å²) in [5, 5.41) is 11.4. The highest BCUT2D eigenvalue weighted by molar-refractivity contribution is 5.85. The molecule has 0 saturated heterocycles. The number of aliphatic hydroxyl groups excluding tert-OH is 1. The average Bonchev–Trinajstić information content (AvgIpc) is 2.74. The van der Waals surface area contributed by atoms with E-state index in [-0.39, 0.29) is 5.82 Å². The Bertz CT molecular complexity index is 732. The summed E-state index contributed by atoms with van der Waals surface area (Å²) in [6.45, 7) is 1.89. The number of H-pyrrole nitrogens is 1. The highest BCUT2D eigenvalue weighted by atomic mass is 19.1. The molecular weight excluding hydrogens is 241 g/mol. The van der Waals surface area contributed by atoms with Gasteiger partial charge in [0.1, 0.15) is 11.9 Å². The molecular formula is C16H14FNO. The normalized spacial score (nSPS) is 12.8. The number of rotatable bonds is 2. The van der Waals surface area contributed by atoms with Gasteiger partial charge >= 0.3 is 0 Å². The quantitative estimate of drug-likeness (QED) is 0.719. The monoisotopic (exact) mass is 255 g/mol. The molecule has 1 atom stereocenters. The van der Waals surface area contributed by atoms with Crippen molar-refractivity contribution in [3.8, 4) is 0 Å². The van der Waals surface area contributed by atoms with E-state index in [4.69, 9.17) is 0 Å². The van der Waals surface area contributed by atoms with Crippen molar-refractivity contribution in [3.05, 3.63) is 71.2 Å². The maximum atomic E-state index is 13.8. The van der Waals surface area contributed by atoms with Crippen molar-refractivity contribution in [1.82, 2.24) is 4.98 Å². The van der Waals surface area contributed by atoms with Crippen molar-refractivity contribution >= 4 is 10.9 Å². The van der Waals surface area contributed by atoms with Gasteiger partial charge in [0.2, 0.25) is 0 Å². The first-order valence-corrected chi connectivity index (χ1v) is 6.18. The number of aliphatic hydroxyl groups is 1. The van der Waals surface area contributed by atoms with Gasteiger partial charge in [0.25, 0.3) is 0 Å². The van der Waals surface area contributed by atoms with Crippen LogP contribution < -0.4 is 0 Å². The molecule has 0 spiro atoms. The van der Waals surface area contributed by atoms with E-state index in [9.17, 15) is 9.50 Å². The van der Waals surface area contributed by atoms with Gasteiger partial charge in [-0.1, -0.05) is 36.4 Å². The van der Waals surface area contributed by atoms with Crippen LogP contribution in [-0.4, -0.2) is 10.1 Å². The molecule has 96 valence electrons. The van der Waals surface area contributed by atoms with E-state index in [2.05, 4.69) is 4.98 Å². The van der Waals surface area contributed by atoms with E-state index in [1.165, 1.54) is 6.07 Å². The van der Waals surface area contributed by atoms with Crippen LogP contribution in [0.15, 0.2) is 48.5 Å². The maximum absolute atomic E-state index is 13.8. The Morgan fingerprint density at radius 2 is 1.74 bits per heavy atom. The zero-order chi connectivity index (χ0) is 13.4. The standard InChI is InChI=1S/C16H14FNO/c1-10-15(12-7-3-5-9-14(12)18-10)16(19)11-6-2-4-8-13(11)17/h2-9,16,18-19H,1H3. The predicted octanol–water partition coefficient (Wildman–Crippen LogP) is 3.70. The largest absolute Gasteiger partial charge is 0.383 e. The Balaban J connectivity index is 2.19. The minimum Gasteiger partial charge on any atom is -0.383 e. The number of nitrogens with one attached hydrogen (secondary N) is 1. The molecule has 2 N–H and O–H groups in total. The summed E-state index contributed by atoms with van der Waals surface area (Å²) in [7, 11) is 0. The molecule has 1 heterocycles. The number of hydrogen-bond acceptors (Lipinski definition) is 1. The van der Waals surface area contributed by atoms with Crippen molar-refractivity contribution in [3.63, 3.8) is 0 Å². The van der Waals surface area contributed by atoms with E-state index in [0.29, 0.717) is 5.56 Å². The van der Waals surface area contributed by atoms with Gasteiger partial charge in [-0.3, -0.25) is 0 Å². The van der Waals surface area contributed by atoms with Crippen LogP contribution in [0.5, 0.6) is 0 Å². The van der Waals surface area contributed by atoms with E-state index >= 15 is 0 Å². The lowest BCUT2D eigenvalue weighted by molar-refractivity contribution is 0.216. The van der Waals surface area contributed by atoms with Gasteiger partial charge in [0, 0.05) is 27.7 Å². The molecule has 3 heteroatoms. The third-order valence-corrected chi connectivity index (χ3v) is 3.42. The van der Waals surface area contributed by atoms with Crippen LogP contribution >= 0.6 is 0 Å². The highest BCUT2D eigenvalue weighted by Crippen LogP contribution is 2.32.